The number of thiophene rings is 1. The first-order valence-corrected chi connectivity index (χ1v) is 7.38. The molecule has 1 saturated carbocycles. The van der Waals surface area contributed by atoms with Gasteiger partial charge in [-0.15, -0.1) is 35.3 Å². The third-order valence-corrected chi connectivity index (χ3v) is 4.60. The van der Waals surface area contributed by atoms with Crippen molar-refractivity contribution in [3.05, 3.63) is 22.4 Å². The van der Waals surface area contributed by atoms with Crippen LogP contribution in [-0.4, -0.2) is 37.5 Å². The summed E-state index contributed by atoms with van der Waals surface area (Å²) in [7, 11) is 3.97. The molecule has 19 heavy (non-hydrogen) atoms. The van der Waals surface area contributed by atoms with Gasteiger partial charge in [0, 0.05) is 31.6 Å². The Hall–Kier alpha value is -0.300. The van der Waals surface area contributed by atoms with Crippen LogP contribution in [0.5, 0.6) is 0 Å². The second kappa shape index (κ2) is 6.92. The van der Waals surface area contributed by atoms with Gasteiger partial charge in [-0.05, 0) is 29.7 Å². The predicted octanol–water partition coefficient (Wildman–Crippen LogP) is 3.21. The van der Waals surface area contributed by atoms with Crippen molar-refractivity contribution in [2.24, 2.45) is 10.4 Å². The lowest BCUT2D eigenvalue weighted by Gasteiger charge is -2.22. The summed E-state index contributed by atoms with van der Waals surface area (Å²) in [6.45, 7) is 5.60. The van der Waals surface area contributed by atoms with E-state index in [0.29, 0.717) is 11.5 Å². The van der Waals surface area contributed by atoms with Gasteiger partial charge in [-0.1, -0.05) is 19.9 Å². The van der Waals surface area contributed by atoms with E-state index in [1.54, 1.807) is 0 Å². The second-order valence-corrected chi connectivity index (χ2v) is 6.72. The van der Waals surface area contributed by atoms with Gasteiger partial charge in [-0.3, -0.25) is 4.99 Å². The number of hydrogen-bond acceptors (Lipinski definition) is 2. The third kappa shape index (κ3) is 4.63. The molecule has 0 spiro atoms. The van der Waals surface area contributed by atoms with Crippen LogP contribution in [0.3, 0.4) is 0 Å². The molecule has 1 unspecified atom stereocenters. The van der Waals surface area contributed by atoms with Crippen molar-refractivity contribution in [2.75, 3.05) is 20.6 Å². The Balaban J connectivity index is 0.00000180. The maximum Gasteiger partial charge on any atom is 0.193 e. The molecule has 0 aromatic carbocycles. The molecule has 0 aliphatic heterocycles. The lowest BCUT2D eigenvalue weighted by Crippen LogP contribution is -2.42. The van der Waals surface area contributed by atoms with Crippen LogP contribution in [0.25, 0.3) is 0 Å². The van der Waals surface area contributed by atoms with Crippen LogP contribution < -0.4 is 5.32 Å². The second-order valence-electron chi connectivity index (χ2n) is 5.69. The minimum absolute atomic E-state index is 0. The highest BCUT2D eigenvalue weighted by molar-refractivity contribution is 14.0. The standard InChI is InChI=1S/C14H23N3S.HI/c1-14(2)10-12(14)16-13(15-3)17(4)8-7-11-6-5-9-18-11;/h5-6,9,12H,7-8,10H2,1-4H3,(H,15,16);1H. The smallest absolute Gasteiger partial charge is 0.193 e. The molecule has 1 fully saturated rings. The highest BCUT2D eigenvalue weighted by Crippen LogP contribution is 2.44. The quantitative estimate of drug-likeness (QED) is 0.483. The molecule has 3 nitrogen and oxygen atoms in total. The Morgan fingerprint density at radius 1 is 1.58 bits per heavy atom. The van der Waals surface area contributed by atoms with E-state index in [-0.39, 0.29) is 24.0 Å². The highest BCUT2D eigenvalue weighted by atomic mass is 127. The van der Waals surface area contributed by atoms with E-state index in [0.717, 1.165) is 18.9 Å². The van der Waals surface area contributed by atoms with E-state index >= 15 is 0 Å². The molecule has 0 radical (unpaired) electrons. The molecule has 1 aliphatic carbocycles. The van der Waals surface area contributed by atoms with Crippen LogP contribution in [0.1, 0.15) is 25.1 Å². The molecule has 1 aromatic heterocycles. The normalized spacial score (nSPS) is 20.6. The van der Waals surface area contributed by atoms with Crippen molar-refractivity contribution in [3.63, 3.8) is 0 Å². The van der Waals surface area contributed by atoms with Crippen LogP contribution in [0.15, 0.2) is 22.5 Å². The lowest BCUT2D eigenvalue weighted by molar-refractivity contribution is 0.476. The summed E-state index contributed by atoms with van der Waals surface area (Å²) in [5, 5.41) is 5.67. The van der Waals surface area contributed by atoms with Gasteiger partial charge < -0.3 is 10.2 Å². The molecular weight excluding hydrogens is 369 g/mol. The van der Waals surface area contributed by atoms with E-state index < -0.39 is 0 Å². The summed E-state index contributed by atoms with van der Waals surface area (Å²) in [6, 6.07) is 4.89. The monoisotopic (exact) mass is 393 g/mol. The summed E-state index contributed by atoms with van der Waals surface area (Å²) in [4.78, 5) is 8.02. The van der Waals surface area contributed by atoms with Crippen molar-refractivity contribution in [3.8, 4) is 0 Å². The fraction of sp³-hybridized carbons (Fsp3) is 0.643. The van der Waals surface area contributed by atoms with E-state index in [4.69, 9.17) is 0 Å². The zero-order chi connectivity index (χ0) is 13.2. The summed E-state index contributed by atoms with van der Waals surface area (Å²) in [6.07, 6.45) is 2.33. The summed E-state index contributed by atoms with van der Waals surface area (Å²) in [5.74, 6) is 1.02. The van der Waals surface area contributed by atoms with Gasteiger partial charge in [0.25, 0.3) is 0 Å². The van der Waals surface area contributed by atoms with Gasteiger partial charge in [-0.25, -0.2) is 0 Å². The van der Waals surface area contributed by atoms with Gasteiger partial charge in [0.15, 0.2) is 5.96 Å². The zero-order valence-electron chi connectivity index (χ0n) is 12.1. The number of guanidine groups is 1. The summed E-state index contributed by atoms with van der Waals surface area (Å²) < 4.78 is 0. The molecular formula is C14H24IN3S. The number of hydrogen-bond donors (Lipinski definition) is 1. The molecule has 1 heterocycles. The van der Waals surface area contributed by atoms with E-state index in [9.17, 15) is 0 Å². The Bertz CT molecular complexity index is 414. The minimum atomic E-state index is 0. The van der Waals surface area contributed by atoms with Crippen LogP contribution >= 0.6 is 35.3 Å². The zero-order valence-corrected chi connectivity index (χ0v) is 15.3. The number of aliphatic imine (C=N–C) groups is 1. The SMILES string of the molecule is CN=C(NC1CC1(C)C)N(C)CCc1cccs1.I. The molecule has 1 aromatic rings. The lowest BCUT2D eigenvalue weighted by atomic mass is 10.2. The fourth-order valence-corrected chi connectivity index (χ4v) is 2.75. The molecule has 1 aliphatic rings. The van der Waals surface area contributed by atoms with Gasteiger partial charge in [0.2, 0.25) is 0 Å². The van der Waals surface area contributed by atoms with E-state index in [1.165, 1.54) is 11.3 Å². The van der Waals surface area contributed by atoms with E-state index in [2.05, 4.69) is 53.6 Å². The minimum Gasteiger partial charge on any atom is -0.353 e. The first kappa shape index (κ1) is 16.8. The average molecular weight is 393 g/mol. The molecule has 0 amide bonds. The Kier molecular flexibility index (Phi) is 6.11. The average Bonchev–Trinajstić information content (AvgIpc) is 2.77. The molecule has 1 atom stereocenters. The molecule has 5 heteroatoms. The van der Waals surface area contributed by atoms with Crippen LogP contribution in [-0.2, 0) is 6.42 Å². The first-order chi connectivity index (χ1) is 8.53. The van der Waals surface area contributed by atoms with Crippen molar-refractivity contribution >= 4 is 41.3 Å². The molecule has 0 saturated heterocycles. The molecule has 2 rings (SSSR count). The van der Waals surface area contributed by atoms with Crippen LogP contribution in [0.2, 0.25) is 0 Å². The maximum absolute atomic E-state index is 4.37. The molecule has 1 N–H and O–H groups in total. The number of nitrogens with one attached hydrogen (secondary N) is 1. The number of likely N-dealkylation sites (N-methyl/N-ethyl adjacent to an activating group) is 1. The largest absolute Gasteiger partial charge is 0.353 e. The van der Waals surface area contributed by atoms with Crippen molar-refractivity contribution in [1.29, 1.82) is 0 Å². The number of nitrogens with zero attached hydrogens (tertiary/aromatic N) is 2. The highest BCUT2D eigenvalue weighted by Gasteiger charge is 2.46. The Labute approximate surface area is 137 Å². The van der Waals surface area contributed by atoms with Gasteiger partial charge >= 0.3 is 0 Å². The van der Waals surface area contributed by atoms with E-state index in [1.807, 2.05) is 18.4 Å². The van der Waals surface area contributed by atoms with Crippen molar-refractivity contribution in [1.82, 2.24) is 10.2 Å². The third-order valence-electron chi connectivity index (χ3n) is 3.66. The topological polar surface area (TPSA) is 27.6 Å². The van der Waals surface area contributed by atoms with Gasteiger partial charge in [0.1, 0.15) is 0 Å². The van der Waals surface area contributed by atoms with Crippen LogP contribution in [0.4, 0.5) is 0 Å². The first-order valence-electron chi connectivity index (χ1n) is 6.50. The number of rotatable bonds is 4. The molecule has 108 valence electrons. The predicted molar refractivity (Wildman–Crippen MR) is 94.7 cm³/mol. The fourth-order valence-electron chi connectivity index (χ4n) is 2.05. The number of halogens is 1. The summed E-state index contributed by atoms with van der Waals surface area (Å²) in [5.41, 5.74) is 0.435. The summed E-state index contributed by atoms with van der Waals surface area (Å²) >= 11 is 1.82. The van der Waals surface area contributed by atoms with Crippen molar-refractivity contribution < 1.29 is 0 Å². The van der Waals surface area contributed by atoms with Gasteiger partial charge in [-0.2, -0.15) is 0 Å². The van der Waals surface area contributed by atoms with Crippen LogP contribution in [0, 0.1) is 5.41 Å². The molecule has 0 bridgehead atoms. The maximum atomic E-state index is 4.37. The Morgan fingerprint density at radius 2 is 2.26 bits per heavy atom. The van der Waals surface area contributed by atoms with Gasteiger partial charge in [0.05, 0.1) is 0 Å². The van der Waals surface area contributed by atoms with Crippen molar-refractivity contribution in [2.45, 2.75) is 32.7 Å². The Morgan fingerprint density at radius 3 is 2.74 bits per heavy atom.